The van der Waals surface area contributed by atoms with E-state index < -0.39 is 0 Å². The van der Waals surface area contributed by atoms with E-state index in [0.29, 0.717) is 26.3 Å². The minimum Gasteiger partial charge on any atom is -0.378 e. The summed E-state index contributed by atoms with van der Waals surface area (Å²) in [5, 5.41) is 0. The molecule has 5 rings (SSSR count). The Kier molecular flexibility index (Phi) is 5.15. The van der Waals surface area contributed by atoms with Crippen molar-refractivity contribution in [3.8, 4) is 11.1 Å². The van der Waals surface area contributed by atoms with Crippen LogP contribution in [0.1, 0.15) is 21.7 Å². The van der Waals surface area contributed by atoms with Crippen LogP contribution in [0, 0.1) is 0 Å². The molecule has 2 aliphatic rings. The van der Waals surface area contributed by atoms with Gasteiger partial charge in [0.15, 0.2) is 0 Å². The van der Waals surface area contributed by atoms with Gasteiger partial charge >= 0.3 is 0 Å². The van der Waals surface area contributed by atoms with Crippen molar-refractivity contribution in [3.63, 3.8) is 0 Å². The molecular weight excluding hydrogens is 376 g/mol. The molecule has 0 spiro atoms. The first kappa shape index (κ1) is 18.8. The molecule has 2 aromatic heterocycles. The van der Waals surface area contributed by atoms with Gasteiger partial charge in [-0.05, 0) is 17.7 Å². The molecule has 30 heavy (non-hydrogen) atoms. The SMILES string of the molecule is O=C1c2c(N3CCOCC3)ccnc2CN1CCc1ccc(-c2ccccc2)cn1. The fourth-order valence-electron chi connectivity index (χ4n) is 4.13. The summed E-state index contributed by atoms with van der Waals surface area (Å²) in [6, 6.07) is 16.3. The van der Waals surface area contributed by atoms with Crippen LogP contribution in [0.3, 0.4) is 0 Å². The Balaban J connectivity index is 1.27. The maximum Gasteiger partial charge on any atom is 0.258 e. The van der Waals surface area contributed by atoms with E-state index in [1.165, 1.54) is 0 Å². The zero-order valence-electron chi connectivity index (χ0n) is 16.8. The van der Waals surface area contributed by atoms with E-state index >= 15 is 0 Å². The minimum atomic E-state index is 0.0699. The number of amides is 1. The van der Waals surface area contributed by atoms with E-state index in [1.54, 1.807) is 0 Å². The number of aromatic nitrogens is 2. The second kappa shape index (κ2) is 8.24. The van der Waals surface area contributed by atoms with Crippen LogP contribution < -0.4 is 4.90 Å². The Hall–Kier alpha value is -3.25. The van der Waals surface area contributed by atoms with Crippen LogP contribution in [-0.2, 0) is 17.7 Å². The fraction of sp³-hybridized carbons (Fsp3) is 0.292. The quantitative estimate of drug-likeness (QED) is 0.658. The molecule has 1 fully saturated rings. The zero-order valence-corrected chi connectivity index (χ0v) is 16.8. The van der Waals surface area contributed by atoms with Crippen molar-refractivity contribution in [1.29, 1.82) is 0 Å². The molecule has 0 radical (unpaired) electrons. The first-order chi connectivity index (χ1) is 14.8. The van der Waals surface area contributed by atoms with E-state index in [4.69, 9.17) is 4.74 Å². The Morgan fingerprint density at radius 1 is 0.933 bits per heavy atom. The number of pyridine rings is 2. The summed E-state index contributed by atoms with van der Waals surface area (Å²) in [4.78, 5) is 26.3. The van der Waals surface area contributed by atoms with Gasteiger partial charge in [-0.1, -0.05) is 36.4 Å². The minimum absolute atomic E-state index is 0.0699. The Labute approximate surface area is 176 Å². The molecule has 152 valence electrons. The molecule has 0 bridgehead atoms. The van der Waals surface area contributed by atoms with Crippen LogP contribution in [0.15, 0.2) is 60.9 Å². The summed E-state index contributed by atoms with van der Waals surface area (Å²) in [7, 11) is 0. The van der Waals surface area contributed by atoms with E-state index in [1.807, 2.05) is 47.6 Å². The summed E-state index contributed by atoms with van der Waals surface area (Å²) in [5.74, 6) is 0.0699. The largest absolute Gasteiger partial charge is 0.378 e. The van der Waals surface area contributed by atoms with Crippen LogP contribution in [0.4, 0.5) is 5.69 Å². The van der Waals surface area contributed by atoms with E-state index in [9.17, 15) is 4.79 Å². The third-order valence-corrected chi connectivity index (χ3v) is 5.77. The molecule has 0 N–H and O–H groups in total. The van der Waals surface area contributed by atoms with Gasteiger partial charge in [0.25, 0.3) is 5.91 Å². The van der Waals surface area contributed by atoms with Gasteiger partial charge < -0.3 is 14.5 Å². The van der Waals surface area contributed by atoms with Crippen molar-refractivity contribution in [2.75, 3.05) is 37.7 Å². The summed E-state index contributed by atoms with van der Waals surface area (Å²) in [5.41, 5.74) is 5.86. The lowest BCUT2D eigenvalue weighted by atomic mass is 10.1. The number of benzene rings is 1. The lowest BCUT2D eigenvalue weighted by molar-refractivity contribution is 0.0779. The molecule has 1 amide bonds. The standard InChI is InChI=1S/C24H24N4O2/c29-24-23-21(25-10-8-22(23)27-12-14-30-15-13-27)17-28(24)11-9-20-7-6-19(16-26-20)18-4-2-1-3-5-18/h1-8,10,16H,9,11-15,17H2. The highest BCUT2D eigenvalue weighted by molar-refractivity contribution is 6.03. The van der Waals surface area contributed by atoms with Crippen molar-refractivity contribution in [2.45, 2.75) is 13.0 Å². The maximum atomic E-state index is 13.1. The van der Waals surface area contributed by atoms with Gasteiger partial charge in [-0.25, -0.2) is 0 Å². The van der Waals surface area contributed by atoms with Gasteiger partial charge in [-0.3, -0.25) is 14.8 Å². The van der Waals surface area contributed by atoms with Crippen LogP contribution in [0.25, 0.3) is 11.1 Å². The molecule has 0 saturated carbocycles. The second-order valence-corrected chi connectivity index (χ2v) is 7.63. The second-order valence-electron chi connectivity index (χ2n) is 7.63. The molecular formula is C24H24N4O2. The summed E-state index contributed by atoms with van der Waals surface area (Å²) >= 11 is 0. The maximum absolute atomic E-state index is 13.1. The summed E-state index contributed by atoms with van der Waals surface area (Å²) < 4.78 is 5.45. The normalized spacial score (nSPS) is 16.1. The van der Waals surface area contributed by atoms with E-state index in [-0.39, 0.29) is 5.91 Å². The van der Waals surface area contributed by atoms with Gasteiger partial charge in [0.2, 0.25) is 0 Å². The molecule has 0 unspecified atom stereocenters. The van der Waals surface area contributed by atoms with Crippen LogP contribution in [0.5, 0.6) is 0 Å². The number of hydrogen-bond donors (Lipinski definition) is 0. The molecule has 3 aromatic rings. The van der Waals surface area contributed by atoms with E-state index in [2.05, 4.69) is 33.1 Å². The third-order valence-electron chi connectivity index (χ3n) is 5.77. The smallest absolute Gasteiger partial charge is 0.258 e. The van der Waals surface area contributed by atoms with Gasteiger partial charge in [-0.2, -0.15) is 0 Å². The number of carbonyl (C=O) groups is 1. The highest BCUT2D eigenvalue weighted by Crippen LogP contribution is 2.30. The lowest BCUT2D eigenvalue weighted by Crippen LogP contribution is -2.37. The molecule has 6 nitrogen and oxygen atoms in total. The molecule has 0 aliphatic carbocycles. The fourth-order valence-corrected chi connectivity index (χ4v) is 4.13. The Bertz CT molecular complexity index is 1030. The van der Waals surface area contributed by atoms with E-state index in [0.717, 1.165) is 53.3 Å². The van der Waals surface area contributed by atoms with Crippen molar-refractivity contribution in [3.05, 3.63) is 77.9 Å². The number of fused-ring (bicyclic) bond motifs is 1. The number of ether oxygens (including phenoxy) is 1. The van der Waals surface area contributed by atoms with Crippen LogP contribution in [0.2, 0.25) is 0 Å². The Morgan fingerprint density at radius 2 is 1.77 bits per heavy atom. The predicted molar refractivity (Wildman–Crippen MR) is 115 cm³/mol. The average molecular weight is 400 g/mol. The van der Waals surface area contributed by atoms with Gasteiger partial charge in [-0.15, -0.1) is 0 Å². The average Bonchev–Trinajstić information content (AvgIpc) is 3.15. The topological polar surface area (TPSA) is 58.6 Å². The summed E-state index contributed by atoms with van der Waals surface area (Å²) in [6.07, 6.45) is 4.44. The van der Waals surface area contributed by atoms with Crippen molar-refractivity contribution < 1.29 is 9.53 Å². The highest BCUT2D eigenvalue weighted by Gasteiger charge is 2.32. The van der Waals surface area contributed by atoms with Gasteiger partial charge in [0.1, 0.15) is 0 Å². The predicted octanol–water partition coefficient (Wildman–Crippen LogP) is 3.18. The summed E-state index contributed by atoms with van der Waals surface area (Å²) in [6.45, 7) is 4.20. The molecule has 1 saturated heterocycles. The third kappa shape index (κ3) is 3.66. The zero-order chi connectivity index (χ0) is 20.3. The molecule has 0 atom stereocenters. The lowest BCUT2D eigenvalue weighted by Gasteiger charge is -2.30. The number of nitrogens with zero attached hydrogens (tertiary/aromatic N) is 4. The molecule has 1 aromatic carbocycles. The number of carbonyl (C=O) groups excluding carboxylic acids is 1. The molecule has 4 heterocycles. The van der Waals surface area contributed by atoms with Crippen molar-refractivity contribution in [1.82, 2.24) is 14.9 Å². The number of rotatable bonds is 5. The monoisotopic (exact) mass is 400 g/mol. The molecule has 2 aliphatic heterocycles. The number of hydrogen-bond acceptors (Lipinski definition) is 5. The first-order valence-electron chi connectivity index (χ1n) is 10.4. The van der Waals surface area contributed by atoms with Gasteiger partial charge in [0.05, 0.1) is 36.7 Å². The highest BCUT2D eigenvalue weighted by atomic mass is 16.5. The number of anilines is 1. The van der Waals surface area contributed by atoms with Crippen LogP contribution in [-0.4, -0.2) is 53.6 Å². The van der Waals surface area contributed by atoms with Crippen molar-refractivity contribution in [2.24, 2.45) is 0 Å². The van der Waals surface area contributed by atoms with Gasteiger partial charge in [0, 0.05) is 49.7 Å². The molecule has 6 heteroatoms. The van der Waals surface area contributed by atoms with Crippen molar-refractivity contribution >= 4 is 11.6 Å². The first-order valence-corrected chi connectivity index (χ1v) is 10.4. The number of morpholine rings is 1. The van der Waals surface area contributed by atoms with Crippen LogP contribution >= 0.6 is 0 Å². The Morgan fingerprint density at radius 3 is 2.53 bits per heavy atom.